The van der Waals surface area contributed by atoms with Crippen LogP contribution in [0.3, 0.4) is 0 Å². The van der Waals surface area contributed by atoms with Gasteiger partial charge in [-0.05, 0) is 51.1 Å². The van der Waals surface area contributed by atoms with E-state index >= 15 is 0 Å². The van der Waals surface area contributed by atoms with Crippen LogP contribution in [-0.4, -0.2) is 79.3 Å². The Hall–Kier alpha value is -2.69. The first-order valence-electron chi connectivity index (χ1n) is 11.2. The predicted octanol–water partition coefficient (Wildman–Crippen LogP) is 3.05. The van der Waals surface area contributed by atoms with Crippen molar-refractivity contribution < 1.29 is 19.1 Å². The van der Waals surface area contributed by atoms with Gasteiger partial charge in [-0.15, -0.1) is 11.3 Å². The second-order valence-corrected chi connectivity index (χ2v) is 9.01. The molecule has 3 amide bonds. The quantitative estimate of drug-likeness (QED) is 0.513. The molecule has 0 saturated carbocycles. The highest BCUT2D eigenvalue weighted by atomic mass is 32.1. The van der Waals surface area contributed by atoms with Crippen molar-refractivity contribution in [1.82, 2.24) is 20.1 Å². The SMILES string of the molecule is COc1ccc(NC(=O)N(Cc2nc(C(=O)NCCCN3CCOCC3)cs2)C(C)C)cc1. The van der Waals surface area contributed by atoms with Gasteiger partial charge in [0.05, 0.1) is 26.9 Å². The fraction of sp³-hybridized carbons (Fsp3) is 0.522. The highest BCUT2D eigenvalue weighted by molar-refractivity contribution is 7.09. The lowest BCUT2D eigenvalue weighted by atomic mass is 10.3. The van der Waals surface area contributed by atoms with Crippen LogP contribution in [-0.2, 0) is 11.3 Å². The van der Waals surface area contributed by atoms with Crippen LogP contribution < -0.4 is 15.4 Å². The Morgan fingerprint density at radius 2 is 1.97 bits per heavy atom. The lowest BCUT2D eigenvalue weighted by Crippen LogP contribution is -2.39. The Morgan fingerprint density at radius 1 is 1.24 bits per heavy atom. The molecule has 0 atom stereocenters. The molecule has 2 aromatic rings. The Balaban J connectivity index is 1.48. The first kappa shape index (κ1) is 24.9. The van der Waals surface area contributed by atoms with E-state index in [2.05, 4.69) is 20.5 Å². The third-order valence-electron chi connectivity index (χ3n) is 5.36. The molecule has 0 unspecified atom stereocenters. The number of carbonyl (C=O) groups excluding carboxylic acids is 2. The molecule has 0 bridgehead atoms. The Morgan fingerprint density at radius 3 is 2.64 bits per heavy atom. The molecule has 1 aliphatic rings. The molecule has 0 radical (unpaired) electrons. The zero-order valence-corrected chi connectivity index (χ0v) is 20.3. The number of urea groups is 1. The lowest BCUT2D eigenvalue weighted by Gasteiger charge is -2.26. The second-order valence-electron chi connectivity index (χ2n) is 8.07. The number of aromatic nitrogens is 1. The summed E-state index contributed by atoms with van der Waals surface area (Å²) in [6, 6.07) is 6.91. The predicted molar refractivity (Wildman–Crippen MR) is 129 cm³/mol. The Kier molecular flexibility index (Phi) is 9.47. The minimum absolute atomic E-state index is 0.0374. The lowest BCUT2D eigenvalue weighted by molar-refractivity contribution is 0.0374. The molecule has 1 fully saturated rings. The fourth-order valence-corrected chi connectivity index (χ4v) is 4.18. The molecule has 0 aliphatic carbocycles. The van der Waals surface area contributed by atoms with Crippen molar-refractivity contribution in [2.24, 2.45) is 0 Å². The molecule has 2 heterocycles. The summed E-state index contributed by atoms with van der Waals surface area (Å²) in [5.41, 5.74) is 1.07. The van der Waals surface area contributed by atoms with Gasteiger partial charge < -0.3 is 25.0 Å². The van der Waals surface area contributed by atoms with Crippen molar-refractivity contribution in [3.8, 4) is 5.75 Å². The molecule has 33 heavy (non-hydrogen) atoms. The van der Waals surface area contributed by atoms with Crippen molar-refractivity contribution in [3.63, 3.8) is 0 Å². The first-order chi connectivity index (χ1) is 16.0. The van der Waals surface area contributed by atoms with Gasteiger partial charge in [-0.2, -0.15) is 0 Å². The van der Waals surface area contributed by atoms with Gasteiger partial charge in [-0.3, -0.25) is 9.69 Å². The Bertz CT molecular complexity index is 897. The van der Waals surface area contributed by atoms with Crippen LogP contribution in [0, 0.1) is 0 Å². The number of ether oxygens (including phenoxy) is 2. The summed E-state index contributed by atoms with van der Waals surface area (Å²) >= 11 is 1.38. The van der Waals surface area contributed by atoms with Crippen LogP contribution in [0.4, 0.5) is 10.5 Å². The number of thiazole rings is 1. The van der Waals surface area contributed by atoms with Gasteiger partial charge in [0.25, 0.3) is 5.91 Å². The normalized spacial score (nSPS) is 14.2. The van der Waals surface area contributed by atoms with Gasteiger partial charge in [0.1, 0.15) is 16.5 Å². The van der Waals surface area contributed by atoms with Crippen LogP contribution >= 0.6 is 11.3 Å². The summed E-state index contributed by atoms with van der Waals surface area (Å²) in [6.07, 6.45) is 0.884. The molecule has 1 aromatic heterocycles. The minimum atomic E-state index is -0.223. The maximum Gasteiger partial charge on any atom is 0.322 e. The molecule has 10 heteroatoms. The molecule has 1 saturated heterocycles. The summed E-state index contributed by atoms with van der Waals surface area (Å²) in [5.74, 6) is 0.543. The van der Waals surface area contributed by atoms with Crippen molar-refractivity contribution >= 4 is 29.0 Å². The fourth-order valence-electron chi connectivity index (χ4n) is 3.41. The maximum absolute atomic E-state index is 12.8. The van der Waals surface area contributed by atoms with Crippen molar-refractivity contribution in [2.45, 2.75) is 32.9 Å². The molecule has 2 N–H and O–H groups in total. The molecule has 3 rings (SSSR count). The minimum Gasteiger partial charge on any atom is -0.497 e. The number of benzene rings is 1. The smallest absolute Gasteiger partial charge is 0.322 e. The first-order valence-corrected chi connectivity index (χ1v) is 12.1. The second kappa shape index (κ2) is 12.5. The number of methoxy groups -OCH3 is 1. The molecular weight excluding hydrogens is 442 g/mol. The number of rotatable bonds is 10. The van der Waals surface area contributed by atoms with E-state index in [1.54, 1.807) is 41.7 Å². The number of nitrogens with one attached hydrogen (secondary N) is 2. The zero-order valence-electron chi connectivity index (χ0n) is 19.5. The van der Waals surface area contributed by atoms with Crippen LogP contribution in [0.2, 0.25) is 0 Å². The third kappa shape index (κ3) is 7.69. The standard InChI is InChI=1S/C23H33N5O4S/c1-17(2)28(23(30)25-18-5-7-19(31-3)8-6-18)15-21-26-20(16-33-21)22(29)24-9-4-10-27-11-13-32-14-12-27/h5-8,16-17H,4,9-15H2,1-3H3,(H,24,29)(H,25,30). The van der Waals surface area contributed by atoms with Crippen molar-refractivity contribution in [3.05, 3.63) is 40.3 Å². The van der Waals surface area contributed by atoms with E-state index in [0.717, 1.165) is 45.0 Å². The summed E-state index contributed by atoms with van der Waals surface area (Å²) < 4.78 is 10.5. The summed E-state index contributed by atoms with van der Waals surface area (Å²) in [7, 11) is 1.60. The highest BCUT2D eigenvalue weighted by Gasteiger charge is 2.20. The van der Waals surface area contributed by atoms with Crippen LogP contribution in [0.1, 0.15) is 35.8 Å². The van der Waals surface area contributed by atoms with E-state index < -0.39 is 0 Å². The average molecular weight is 476 g/mol. The van der Waals surface area contributed by atoms with Gasteiger partial charge in [0.2, 0.25) is 0 Å². The molecule has 0 spiro atoms. The van der Waals surface area contributed by atoms with Crippen molar-refractivity contribution in [2.75, 3.05) is 51.8 Å². The number of carbonyl (C=O) groups is 2. The monoisotopic (exact) mass is 475 g/mol. The van der Waals surface area contributed by atoms with Gasteiger partial charge in [0.15, 0.2) is 0 Å². The maximum atomic E-state index is 12.8. The molecule has 9 nitrogen and oxygen atoms in total. The molecular formula is C23H33N5O4S. The van der Waals surface area contributed by atoms with Crippen LogP contribution in [0.25, 0.3) is 0 Å². The van der Waals surface area contributed by atoms with E-state index in [9.17, 15) is 9.59 Å². The number of hydrogen-bond acceptors (Lipinski definition) is 7. The van der Waals surface area contributed by atoms with E-state index in [1.807, 2.05) is 13.8 Å². The van der Waals surface area contributed by atoms with Crippen LogP contribution in [0.5, 0.6) is 5.75 Å². The van der Waals surface area contributed by atoms with Gasteiger partial charge in [0, 0.05) is 36.7 Å². The van der Waals surface area contributed by atoms with Gasteiger partial charge in [-0.25, -0.2) is 9.78 Å². The van der Waals surface area contributed by atoms with Crippen molar-refractivity contribution in [1.29, 1.82) is 0 Å². The number of anilines is 1. The highest BCUT2D eigenvalue weighted by Crippen LogP contribution is 2.18. The van der Waals surface area contributed by atoms with E-state index in [-0.39, 0.29) is 18.0 Å². The summed E-state index contributed by atoms with van der Waals surface area (Å²) in [6.45, 7) is 9.22. The Labute approximate surface area is 199 Å². The third-order valence-corrected chi connectivity index (χ3v) is 6.19. The topological polar surface area (TPSA) is 96.0 Å². The summed E-state index contributed by atoms with van der Waals surface area (Å²) in [4.78, 5) is 33.8. The average Bonchev–Trinajstić information content (AvgIpc) is 3.30. The summed E-state index contributed by atoms with van der Waals surface area (Å²) in [5, 5.41) is 8.30. The zero-order chi connectivity index (χ0) is 23.6. The molecule has 180 valence electrons. The number of amides is 3. The van der Waals surface area contributed by atoms with Gasteiger partial charge >= 0.3 is 6.03 Å². The van der Waals surface area contributed by atoms with E-state index in [1.165, 1.54) is 11.3 Å². The number of hydrogen-bond donors (Lipinski definition) is 2. The number of morpholine rings is 1. The van der Waals surface area contributed by atoms with E-state index in [0.29, 0.717) is 29.5 Å². The van der Waals surface area contributed by atoms with Crippen LogP contribution in [0.15, 0.2) is 29.6 Å². The number of nitrogens with zero attached hydrogens (tertiary/aromatic N) is 3. The molecule has 1 aromatic carbocycles. The van der Waals surface area contributed by atoms with Gasteiger partial charge in [-0.1, -0.05) is 0 Å². The van der Waals surface area contributed by atoms with E-state index in [4.69, 9.17) is 9.47 Å². The largest absolute Gasteiger partial charge is 0.497 e. The molecule has 1 aliphatic heterocycles.